The van der Waals surface area contributed by atoms with Crippen molar-refractivity contribution in [2.45, 2.75) is 84.2 Å². The first-order valence-corrected chi connectivity index (χ1v) is 12.7. The summed E-state index contributed by atoms with van der Waals surface area (Å²) in [5.74, 6) is 1.94. The van der Waals surface area contributed by atoms with Crippen molar-refractivity contribution in [3.63, 3.8) is 0 Å². The first kappa shape index (κ1) is 24.3. The van der Waals surface area contributed by atoms with Crippen LogP contribution in [0.25, 0.3) is 11.1 Å². The molecule has 0 bridgehead atoms. The number of aromatic amines is 1. The monoisotopic (exact) mass is 458 g/mol. The van der Waals surface area contributed by atoms with Crippen LogP contribution in [0.5, 0.6) is 0 Å². The summed E-state index contributed by atoms with van der Waals surface area (Å²) in [5, 5.41) is 0. The lowest BCUT2D eigenvalue weighted by Crippen LogP contribution is -2.24. The van der Waals surface area contributed by atoms with Crippen molar-refractivity contribution in [1.29, 1.82) is 0 Å². The third-order valence-electron chi connectivity index (χ3n) is 6.75. The molecule has 4 heteroatoms. The van der Waals surface area contributed by atoms with Crippen molar-refractivity contribution in [2.75, 3.05) is 0 Å². The number of rotatable bonds is 7. The number of hydrogen-bond donors (Lipinski definition) is 1. The maximum absolute atomic E-state index is 12.7. The third-order valence-corrected chi connectivity index (χ3v) is 6.75. The number of imidazole rings is 1. The van der Waals surface area contributed by atoms with Crippen LogP contribution in [0.4, 0.5) is 0 Å². The van der Waals surface area contributed by atoms with Gasteiger partial charge in [-0.3, -0.25) is 0 Å². The summed E-state index contributed by atoms with van der Waals surface area (Å²) in [5.41, 5.74) is 4.54. The molecule has 1 heterocycles. The fraction of sp³-hybridized carbons (Fsp3) is 0.467. The third kappa shape index (κ3) is 6.37. The highest BCUT2D eigenvalue weighted by Crippen LogP contribution is 2.29. The standard InChI is InChI=1S/C30H38N2O2/c1-21(18-28-31-20-25(32-28)19-22-10-6-5-7-11-22)23-14-16-24(17-15-23)26-12-8-9-13-27(26)29(33)34-30(2,3)4/h8-9,12-17,20-22H,5-7,10-11,18-19H2,1-4H3,(H,31,32). The summed E-state index contributed by atoms with van der Waals surface area (Å²) in [7, 11) is 0. The van der Waals surface area contributed by atoms with E-state index >= 15 is 0 Å². The summed E-state index contributed by atoms with van der Waals surface area (Å²) in [6, 6.07) is 16.2. The van der Waals surface area contributed by atoms with Gasteiger partial charge in [0.25, 0.3) is 0 Å². The zero-order chi connectivity index (χ0) is 24.1. The van der Waals surface area contributed by atoms with Gasteiger partial charge in [-0.05, 0) is 61.8 Å². The molecule has 0 amide bonds. The zero-order valence-electron chi connectivity index (χ0n) is 21.1. The van der Waals surface area contributed by atoms with Crippen molar-refractivity contribution >= 4 is 5.97 Å². The molecule has 180 valence electrons. The molecule has 1 N–H and O–H groups in total. The smallest absolute Gasteiger partial charge is 0.339 e. The Bertz CT molecular complexity index is 1090. The van der Waals surface area contributed by atoms with E-state index in [2.05, 4.69) is 41.2 Å². The molecular weight excluding hydrogens is 420 g/mol. The molecule has 1 aliphatic carbocycles. The maximum atomic E-state index is 12.7. The fourth-order valence-corrected chi connectivity index (χ4v) is 4.96. The molecule has 2 aromatic carbocycles. The van der Waals surface area contributed by atoms with Crippen molar-refractivity contribution in [1.82, 2.24) is 9.97 Å². The molecule has 0 radical (unpaired) electrons. The molecule has 4 nitrogen and oxygen atoms in total. The van der Waals surface area contributed by atoms with Crippen LogP contribution >= 0.6 is 0 Å². The minimum absolute atomic E-state index is 0.289. The zero-order valence-corrected chi connectivity index (χ0v) is 21.1. The van der Waals surface area contributed by atoms with Gasteiger partial charge in [0.1, 0.15) is 11.4 Å². The van der Waals surface area contributed by atoms with Crippen LogP contribution in [0.15, 0.2) is 54.7 Å². The van der Waals surface area contributed by atoms with Gasteiger partial charge < -0.3 is 9.72 Å². The Balaban J connectivity index is 1.42. The molecule has 3 aromatic rings. The lowest BCUT2D eigenvalue weighted by Gasteiger charge is -2.20. The maximum Gasteiger partial charge on any atom is 0.339 e. The van der Waals surface area contributed by atoms with Crippen molar-refractivity contribution in [3.05, 3.63) is 77.4 Å². The summed E-state index contributed by atoms with van der Waals surface area (Å²) >= 11 is 0. The average Bonchev–Trinajstić information content (AvgIpc) is 3.25. The van der Waals surface area contributed by atoms with Gasteiger partial charge in [0, 0.05) is 18.3 Å². The topological polar surface area (TPSA) is 55.0 Å². The average molecular weight is 459 g/mol. The molecule has 1 aromatic heterocycles. The minimum Gasteiger partial charge on any atom is -0.456 e. The quantitative estimate of drug-likeness (QED) is 0.373. The van der Waals surface area contributed by atoms with Crippen LogP contribution in [-0.2, 0) is 17.6 Å². The Kier molecular flexibility index (Phi) is 7.55. The van der Waals surface area contributed by atoms with Gasteiger partial charge in [0.05, 0.1) is 5.56 Å². The second kappa shape index (κ2) is 10.6. The lowest BCUT2D eigenvalue weighted by molar-refractivity contribution is 0.00704. The van der Waals surface area contributed by atoms with E-state index in [4.69, 9.17) is 4.74 Å². The van der Waals surface area contributed by atoms with Crippen LogP contribution in [-0.4, -0.2) is 21.5 Å². The van der Waals surface area contributed by atoms with Gasteiger partial charge in [-0.25, -0.2) is 9.78 Å². The van der Waals surface area contributed by atoms with E-state index in [0.717, 1.165) is 35.7 Å². The Morgan fingerprint density at radius 2 is 1.76 bits per heavy atom. The van der Waals surface area contributed by atoms with Gasteiger partial charge in [-0.15, -0.1) is 0 Å². The number of nitrogens with zero attached hydrogens (tertiary/aromatic N) is 1. The van der Waals surface area contributed by atoms with Crippen LogP contribution in [0.3, 0.4) is 0 Å². The van der Waals surface area contributed by atoms with Crippen LogP contribution in [0.1, 0.15) is 93.2 Å². The predicted molar refractivity (Wildman–Crippen MR) is 138 cm³/mol. The van der Waals surface area contributed by atoms with Crippen molar-refractivity contribution < 1.29 is 9.53 Å². The molecule has 34 heavy (non-hydrogen) atoms. The summed E-state index contributed by atoms with van der Waals surface area (Å²) in [6.07, 6.45) is 10.9. The fourth-order valence-electron chi connectivity index (χ4n) is 4.96. The van der Waals surface area contributed by atoms with E-state index in [0.29, 0.717) is 11.5 Å². The van der Waals surface area contributed by atoms with Crippen LogP contribution in [0.2, 0.25) is 0 Å². The second-order valence-corrected chi connectivity index (χ2v) is 10.8. The van der Waals surface area contributed by atoms with E-state index in [1.165, 1.54) is 43.4 Å². The Labute approximate surface area is 204 Å². The van der Waals surface area contributed by atoms with E-state index < -0.39 is 5.60 Å². The van der Waals surface area contributed by atoms with Gasteiger partial charge in [0.2, 0.25) is 0 Å². The lowest BCUT2D eigenvalue weighted by atomic mass is 9.86. The second-order valence-electron chi connectivity index (χ2n) is 10.8. The molecule has 0 aliphatic heterocycles. The van der Waals surface area contributed by atoms with Crippen molar-refractivity contribution in [3.8, 4) is 11.1 Å². The van der Waals surface area contributed by atoms with Gasteiger partial charge in [0.15, 0.2) is 0 Å². The van der Waals surface area contributed by atoms with E-state index in [-0.39, 0.29) is 5.97 Å². The number of benzene rings is 2. The number of H-pyrrole nitrogens is 1. The normalized spacial score (nSPS) is 15.8. The molecule has 1 unspecified atom stereocenters. The minimum atomic E-state index is -0.522. The molecule has 1 saturated carbocycles. The summed E-state index contributed by atoms with van der Waals surface area (Å²) < 4.78 is 5.61. The molecular formula is C30H38N2O2. The van der Waals surface area contributed by atoms with Crippen molar-refractivity contribution in [2.24, 2.45) is 5.92 Å². The number of ether oxygens (including phenoxy) is 1. The van der Waals surface area contributed by atoms with Crippen LogP contribution in [0, 0.1) is 5.92 Å². The molecule has 4 rings (SSSR count). The molecule has 1 aliphatic rings. The summed E-state index contributed by atoms with van der Waals surface area (Å²) in [4.78, 5) is 21.0. The number of carbonyl (C=O) groups is 1. The highest BCUT2D eigenvalue weighted by molar-refractivity contribution is 5.97. The summed E-state index contributed by atoms with van der Waals surface area (Å²) in [6.45, 7) is 7.91. The highest BCUT2D eigenvalue weighted by atomic mass is 16.6. The highest BCUT2D eigenvalue weighted by Gasteiger charge is 2.21. The van der Waals surface area contributed by atoms with E-state index in [1.54, 1.807) is 0 Å². The van der Waals surface area contributed by atoms with E-state index in [1.807, 2.05) is 51.2 Å². The first-order valence-electron chi connectivity index (χ1n) is 12.7. The molecule has 0 spiro atoms. The molecule has 0 saturated heterocycles. The van der Waals surface area contributed by atoms with Gasteiger partial charge >= 0.3 is 5.97 Å². The van der Waals surface area contributed by atoms with E-state index in [9.17, 15) is 4.79 Å². The largest absolute Gasteiger partial charge is 0.456 e. The number of nitrogens with one attached hydrogen (secondary N) is 1. The Morgan fingerprint density at radius 3 is 2.47 bits per heavy atom. The SMILES string of the molecule is CC(Cc1ncc(CC2CCCCC2)[nH]1)c1ccc(-c2ccccc2C(=O)OC(C)(C)C)cc1. The number of carbonyl (C=O) groups excluding carboxylic acids is 1. The molecule has 1 fully saturated rings. The Hall–Kier alpha value is -2.88. The van der Waals surface area contributed by atoms with Crippen LogP contribution < -0.4 is 0 Å². The number of aromatic nitrogens is 2. The van der Waals surface area contributed by atoms with Gasteiger partial charge in [-0.1, -0.05) is 81.5 Å². The number of hydrogen-bond acceptors (Lipinski definition) is 3. The number of esters is 1. The predicted octanol–water partition coefficient (Wildman–Crippen LogP) is 7.50. The first-order chi connectivity index (χ1) is 16.3. The Morgan fingerprint density at radius 1 is 1.06 bits per heavy atom. The van der Waals surface area contributed by atoms with Gasteiger partial charge in [-0.2, -0.15) is 0 Å². The molecule has 1 atom stereocenters.